The summed E-state index contributed by atoms with van der Waals surface area (Å²) in [6, 6.07) is 11.3. The average molecular weight is 279 g/mol. The number of hydrogen-bond acceptors (Lipinski definition) is 5. The number of para-hydroxylation sites is 1. The number of nitrogens with zero attached hydrogens (tertiary/aromatic N) is 1. The van der Waals surface area contributed by atoms with Crippen LogP contribution in [-0.4, -0.2) is 31.5 Å². The van der Waals surface area contributed by atoms with Gasteiger partial charge in [0, 0.05) is 29.8 Å². The molecule has 0 saturated heterocycles. The second-order valence-electron chi connectivity index (χ2n) is 4.66. The normalized spacial score (nSPS) is 13.6. The number of fused-ring (bicyclic) bond motifs is 1. The van der Waals surface area contributed by atoms with Crippen molar-refractivity contribution >= 4 is 20.7 Å². The molecule has 0 radical (unpaired) electrons. The van der Waals surface area contributed by atoms with E-state index in [4.69, 9.17) is 5.84 Å². The van der Waals surface area contributed by atoms with Crippen LogP contribution in [-0.2, 0) is 16.3 Å². The first-order valence-corrected chi connectivity index (χ1v) is 8.02. The molecule has 1 aromatic heterocycles. The summed E-state index contributed by atoms with van der Waals surface area (Å²) in [5, 5.41) is 1.06. The lowest BCUT2D eigenvalue weighted by Crippen LogP contribution is -2.41. The van der Waals surface area contributed by atoms with E-state index >= 15 is 0 Å². The fraction of sp³-hybridized carbons (Fsp3) is 0.308. The Balaban J connectivity index is 2.20. The van der Waals surface area contributed by atoms with Crippen LogP contribution >= 0.6 is 0 Å². The molecule has 5 nitrogen and oxygen atoms in total. The first kappa shape index (κ1) is 13.9. The van der Waals surface area contributed by atoms with E-state index in [-0.39, 0.29) is 11.8 Å². The number of nitrogens with two attached hydrogens (primary N) is 1. The molecule has 1 atom stereocenters. The summed E-state index contributed by atoms with van der Waals surface area (Å²) in [4.78, 5) is 4.50. The molecule has 1 heterocycles. The van der Waals surface area contributed by atoms with Crippen molar-refractivity contribution in [1.29, 1.82) is 0 Å². The van der Waals surface area contributed by atoms with Crippen molar-refractivity contribution in [3.05, 3.63) is 42.1 Å². The van der Waals surface area contributed by atoms with Crippen LogP contribution in [0.5, 0.6) is 0 Å². The van der Waals surface area contributed by atoms with Gasteiger partial charge in [0.1, 0.15) is 9.84 Å². The molecule has 0 amide bonds. The van der Waals surface area contributed by atoms with Gasteiger partial charge in [0.15, 0.2) is 0 Å². The molecule has 2 rings (SSSR count). The number of aromatic nitrogens is 1. The van der Waals surface area contributed by atoms with Gasteiger partial charge in [-0.1, -0.05) is 24.3 Å². The van der Waals surface area contributed by atoms with Crippen LogP contribution in [0, 0.1) is 0 Å². The molecule has 0 aliphatic rings. The predicted octanol–water partition coefficient (Wildman–Crippen LogP) is 0.654. The second kappa shape index (κ2) is 5.64. The van der Waals surface area contributed by atoms with Gasteiger partial charge < -0.3 is 0 Å². The largest absolute Gasteiger partial charge is 0.271 e. The van der Waals surface area contributed by atoms with Crippen LogP contribution in [0.3, 0.4) is 0 Å². The number of hydrazine groups is 1. The third-order valence-corrected chi connectivity index (χ3v) is 3.86. The minimum absolute atomic E-state index is 0.00198. The standard InChI is InChI=1S/C13H17N3O2S/c1-19(17,18)9-12(16-14)8-11-7-6-10-4-2-3-5-13(10)15-11/h2-7,12,16H,8-9,14H2,1H3. The van der Waals surface area contributed by atoms with Crippen LogP contribution in [0.15, 0.2) is 36.4 Å². The van der Waals surface area contributed by atoms with Crippen molar-refractivity contribution in [2.75, 3.05) is 12.0 Å². The highest BCUT2D eigenvalue weighted by Crippen LogP contribution is 2.13. The SMILES string of the molecule is CS(=O)(=O)CC(Cc1ccc2ccccc2n1)NN. The first-order valence-electron chi connectivity index (χ1n) is 5.96. The topological polar surface area (TPSA) is 85.1 Å². The van der Waals surface area contributed by atoms with Crippen LogP contribution in [0.4, 0.5) is 0 Å². The molecule has 6 heteroatoms. The number of hydrogen-bond donors (Lipinski definition) is 2. The van der Waals surface area contributed by atoms with E-state index in [2.05, 4.69) is 10.4 Å². The first-order chi connectivity index (χ1) is 8.98. The fourth-order valence-electron chi connectivity index (χ4n) is 2.01. The summed E-state index contributed by atoms with van der Waals surface area (Å²) in [6.07, 6.45) is 1.68. The third-order valence-electron chi connectivity index (χ3n) is 2.85. The maximum Gasteiger partial charge on any atom is 0.149 e. The van der Waals surface area contributed by atoms with Crippen molar-refractivity contribution < 1.29 is 8.42 Å². The maximum absolute atomic E-state index is 11.3. The number of sulfone groups is 1. The zero-order valence-electron chi connectivity index (χ0n) is 10.7. The highest BCUT2D eigenvalue weighted by Gasteiger charge is 2.15. The summed E-state index contributed by atoms with van der Waals surface area (Å²) in [5.74, 6) is 5.40. The van der Waals surface area contributed by atoms with Gasteiger partial charge in [-0.15, -0.1) is 0 Å². The van der Waals surface area contributed by atoms with Gasteiger partial charge in [0.05, 0.1) is 11.3 Å². The van der Waals surface area contributed by atoms with Crippen LogP contribution in [0.25, 0.3) is 10.9 Å². The Labute approximate surface area is 112 Å². The van der Waals surface area contributed by atoms with Crippen molar-refractivity contribution in [3.8, 4) is 0 Å². The summed E-state index contributed by atoms with van der Waals surface area (Å²) >= 11 is 0. The molecule has 0 saturated carbocycles. The van der Waals surface area contributed by atoms with Crippen LogP contribution in [0.1, 0.15) is 5.69 Å². The van der Waals surface area contributed by atoms with E-state index < -0.39 is 9.84 Å². The Morgan fingerprint density at radius 1 is 1.26 bits per heavy atom. The Morgan fingerprint density at radius 2 is 2.00 bits per heavy atom. The monoisotopic (exact) mass is 279 g/mol. The average Bonchev–Trinajstić information content (AvgIpc) is 2.36. The minimum Gasteiger partial charge on any atom is -0.271 e. The van der Waals surface area contributed by atoms with E-state index in [0.29, 0.717) is 6.42 Å². The van der Waals surface area contributed by atoms with Gasteiger partial charge in [0.25, 0.3) is 0 Å². The number of benzene rings is 1. The summed E-state index contributed by atoms with van der Waals surface area (Å²) in [5.41, 5.74) is 4.26. The molecular formula is C13H17N3O2S. The van der Waals surface area contributed by atoms with Gasteiger partial charge in [-0.05, 0) is 12.1 Å². The lowest BCUT2D eigenvalue weighted by Gasteiger charge is -2.14. The highest BCUT2D eigenvalue weighted by molar-refractivity contribution is 7.90. The van der Waals surface area contributed by atoms with Crippen molar-refractivity contribution in [1.82, 2.24) is 10.4 Å². The van der Waals surface area contributed by atoms with Crippen molar-refractivity contribution in [2.24, 2.45) is 5.84 Å². The lowest BCUT2D eigenvalue weighted by atomic mass is 10.1. The molecule has 0 fully saturated rings. The number of rotatable bonds is 5. The third kappa shape index (κ3) is 3.99. The zero-order valence-corrected chi connectivity index (χ0v) is 11.5. The molecule has 1 aromatic carbocycles. The lowest BCUT2D eigenvalue weighted by molar-refractivity contribution is 0.542. The molecular weight excluding hydrogens is 262 g/mol. The Bertz CT molecular complexity index is 670. The predicted molar refractivity (Wildman–Crippen MR) is 76.3 cm³/mol. The highest BCUT2D eigenvalue weighted by atomic mass is 32.2. The van der Waals surface area contributed by atoms with E-state index in [9.17, 15) is 8.42 Å². The molecule has 3 N–H and O–H groups in total. The Kier molecular flexibility index (Phi) is 4.14. The smallest absolute Gasteiger partial charge is 0.149 e. The molecule has 0 bridgehead atoms. The number of pyridine rings is 1. The summed E-state index contributed by atoms with van der Waals surface area (Å²) < 4.78 is 22.6. The molecule has 1 unspecified atom stereocenters. The maximum atomic E-state index is 11.3. The molecule has 2 aromatic rings. The van der Waals surface area contributed by atoms with Gasteiger partial charge >= 0.3 is 0 Å². The van der Waals surface area contributed by atoms with Gasteiger partial charge in [-0.2, -0.15) is 0 Å². The molecule has 0 aliphatic heterocycles. The second-order valence-corrected chi connectivity index (χ2v) is 6.84. The van der Waals surface area contributed by atoms with E-state index in [0.717, 1.165) is 16.6 Å². The molecule has 0 spiro atoms. The van der Waals surface area contributed by atoms with Crippen molar-refractivity contribution in [3.63, 3.8) is 0 Å². The zero-order chi connectivity index (χ0) is 13.9. The van der Waals surface area contributed by atoms with Crippen LogP contribution in [0.2, 0.25) is 0 Å². The Hall–Kier alpha value is -1.50. The van der Waals surface area contributed by atoms with E-state index in [1.165, 1.54) is 6.26 Å². The van der Waals surface area contributed by atoms with E-state index in [1.807, 2.05) is 36.4 Å². The van der Waals surface area contributed by atoms with Crippen LogP contribution < -0.4 is 11.3 Å². The van der Waals surface area contributed by atoms with E-state index in [1.54, 1.807) is 0 Å². The van der Waals surface area contributed by atoms with Gasteiger partial charge in [-0.3, -0.25) is 16.3 Å². The quantitative estimate of drug-likeness (QED) is 0.620. The minimum atomic E-state index is -3.07. The van der Waals surface area contributed by atoms with Gasteiger partial charge in [0.2, 0.25) is 0 Å². The summed E-state index contributed by atoms with van der Waals surface area (Å²) in [6.45, 7) is 0. The number of nitrogens with one attached hydrogen (secondary N) is 1. The molecule has 102 valence electrons. The Morgan fingerprint density at radius 3 is 2.68 bits per heavy atom. The van der Waals surface area contributed by atoms with Gasteiger partial charge in [-0.25, -0.2) is 8.42 Å². The molecule has 19 heavy (non-hydrogen) atoms. The fourth-order valence-corrected chi connectivity index (χ4v) is 2.95. The van der Waals surface area contributed by atoms with Crippen molar-refractivity contribution in [2.45, 2.75) is 12.5 Å². The summed E-state index contributed by atoms with van der Waals surface area (Å²) in [7, 11) is -3.07. The molecule has 0 aliphatic carbocycles.